The molecule has 2 aromatic rings. The van der Waals surface area contributed by atoms with Gasteiger partial charge in [0.05, 0.1) is 6.54 Å². The van der Waals surface area contributed by atoms with Crippen molar-refractivity contribution >= 4 is 5.91 Å². The average Bonchev–Trinajstić information content (AvgIpc) is 2.52. The van der Waals surface area contributed by atoms with Crippen molar-refractivity contribution in [1.82, 2.24) is 15.3 Å². The van der Waals surface area contributed by atoms with Crippen LogP contribution in [-0.2, 0) is 17.8 Å². The van der Waals surface area contributed by atoms with Crippen molar-refractivity contribution in [3.63, 3.8) is 0 Å². The zero-order valence-electron chi connectivity index (χ0n) is 12.0. The molecular weight excluding hydrogens is 311 g/mol. The van der Waals surface area contributed by atoms with E-state index in [1.54, 1.807) is 18.5 Å². The van der Waals surface area contributed by atoms with Crippen molar-refractivity contribution in [2.75, 3.05) is 0 Å². The molecule has 1 amide bonds. The molecule has 0 bridgehead atoms. The van der Waals surface area contributed by atoms with Crippen LogP contribution in [0.3, 0.4) is 0 Å². The Morgan fingerprint density at radius 2 is 1.78 bits per heavy atom. The van der Waals surface area contributed by atoms with Crippen LogP contribution in [0.15, 0.2) is 42.7 Å². The van der Waals surface area contributed by atoms with Crippen LogP contribution >= 0.6 is 0 Å². The summed E-state index contributed by atoms with van der Waals surface area (Å²) in [5.41, 5.74) is 0.741. The van der Waals surface area contributed by atoms with Crippen molar-refractivity contribution < 1.29 is 22.7 Å². The first-order chi connectivity index (χ1) is 10.9. The molecule has 1 heterocycles. The van der Waals surface area contributed by atoms with Gasteiger partial charge in [-0.3, -0.25) is 4.79 Å². The van der Waals surface area contributed by atoms with Crippen LogP contribution < -0.4 is 10.1 Å². The molecule has 0 saturated heterocycles. The number of halogens is 3. The fourth-order valence-electron chi connectivity index (χ4n) is 1.80. The van der Waals surface area contributed by atoms with E-state index >= 15 is 0 Å². The normalized spacial score (nSPS) is 11.1. The molecule has 0 fully saturated rings. The SMILES string of the molecule is O=C(CCc1ccc(OC(F)(F)F)cc1)NCc1ncccn1. The highest BCUT2D eigenvalue weighted by molar-refractivity contribution is 5.76. The summed E-state index contributed by atoms with van der Waals surface area (Å²) in [5.74, 6) is 0.0366. The van der Waals surface area contributed by atoms with Crippen LogP contribution in [0.1, 0.15) is 17.8 Å². The molecule has 23 heavy (non-hydrogen) atoms. The van der Waals surface area contributed by atoms with Crippen LogP contribution in [0.5, 0.6) is 5.75 Å². The van der Waals surface area contributed by atoms with Crippen LogP contribution in [-0.4, -0.2) is 22.2 Å². The molecule has 0 atom stereocenters. The molecule has 1 aromatic heterocycles. The summed E-state index contributed by atoms with van der Waals surface area (Å²) in [6.45, 7) is 0.234. The zero-order chi connectivity index (χ0) is 16.7. The minimum absolute atomic E-state index is 0.187. The van der Waals surface area contributed by atoms with E-state index in [9.17, 15) is 18.0 Å². The number of ether oxygens (including phenoxy) is 1. The molecule has 0 saturated carbocycles. The molecule has 5 nitrogen and oxygen atoms in total. The van der Waals surface area contributed by atoms with Crippen LogP contribution in [0.4, 0.5) is 13.2 Å². The van der Waals surface area contributed by atoms with Crippen LogP contribution in [0.2, 0.25) is 0 Å². The molecule has 0 unspecified atom stereocenters. The standard InChI is InChI=1S/C15H14F3N3O2/c16-15(17,18)23-12-5-2-11(3-6-12)4-7-14(22)21-10-13-19-8-1-9-20-13/h1-3,5-6,8-9H,4,7,10H2,(H,21,22). The van der Waals surface area contributed by atoms with Crippen molar-refractivity contribution in [2.45, 2.75) is 25.7 Å². The summed E-state index contributed by atoms with van der Waals surface area (Å²) < 4.78 is 39.9. The predicted octanol–water partition coefficient (Wildman–Crippen LogP) is 2.62. The van der Waals surface area contributed by atoms with E-state index in [-0.39, 0.29) is 24.6 Å². The maximum absolute atomic E-state index is 12.0. The first-order valence-electron chi connectivity index (χ1n) is 6.80. The van der Waals surface area contributed by atoms with E-state index in [4.69, 9.17) is 0 Å². The first kappa shape index (κ1) is 16.7. The second-order valence-electron chi connectivity index (χ2n) is 4.63. The van der Waals surface area contributed by atoms with Gasteiger partial charge in [-0.1, -0.05) is 12.1 Å². The minimum Gasteiger partial charge on any atom is -0.406 e. The zero-order valence-corrected chi connectivity index (χ0v) is 12.0. The molecule has 0 aliphatic rings. The van der Waals surface area contributed by atoms with Gasteiger partial charge in [0, 0.05) is 18.8 Å². The Hall–Kier alpha value is -2.64. The molecule has 8 heteroatoms. The Morgan fingerprint density at radius 1 is 1.13 bits per heavy atom. The smallest absolute Gasteiger partial charge is 0.406 e. The lowest BCUT2D eigenvalue weighted by molar-refractivity contribution is -0.274. The van der Waals surface area contributed by atoms with Gasteiger partial charge >= 0.3 is 6.36 Å². The average molecular weight is 325 g/mol. The van der Waals surface area contributed by atoms with Gasteiger partial charge in [-0.25, -0.2) is 9.97 Å². The number of alkyl halides is 3. The first-order valence-corrected chi connectivity index (χ1v) is 6.80. The number of benzene rings is 1. The summed E-state index contributed by atoms with van der Waals surface area (Å²) >= 11 is 0. The Morgan fingerprint density at radius 3 is 2.39 bits per heavy atom. The molecule has 0 spiro atoms. The van der Waals surface area contributed by atoms with Gasteiger partial charge in [-0.05, 0) is 30.2 Å². The van der Waals surface area contributed by atoms with Gasteiger partial charge in [0.1, 0.15) is 11.6 Å². The molecule has 0 aliphatic carbocycles. The second kappa shape index (κ2) is 7.57. The molecular formula is C15H14F3N3O2. The van der Waals surface area contributed by atoms with E-state index < -0.39 is 6.36 Å². The molecule has 2 rings (SSSR count). The Labute approximate surface area is 130 Å². The van der Waals surface area contributed by atoms with Gasteiger partial charge in [0.15, 0.2) is 0 Å². The third kappa shape index (κ3) is 6.33. The summed E-state index contributed by atoms with van der Waals surface area (Å²) in [5, 5.41) is 2.67. The van der Waals surface area contributed by atoms with Gasteiger partial charge in [-0.2, -0.15) is 0 Å². The molecule has 0 radical (unpaired) electrons. The number of carbonyl (C=O) groups excluding carboxylic acids is 1. The molecule has 1 N–H and O–H groups in total. The number of carbonyl (C=O) groups is 1. The van der Waals surface area contributed by atoms with Crippen LogP contribution in [0.25, 0.3) is 0 Å². The van der Waals surface area contributed by atoms with E-state index in [2.05, 4.69) is 20.0 Å². The summed E-state index contributed by atoms with van der Waals surface area (Å²) in [4.78, 5) is 19.7. The third-order valence-electron chi connectivity index (χ3n) is 2.86. The largest absolute Gasteiger partial charge is 0.573 e. The predicted molar refractivity (Wildman–Crippen MR) is 75.3 cm³/mol. The van der Waals surface area contributed by atoms with Gasteiger partial charge in [0.25, 0.3) is 0 Å². The van der Waals surface area contributed by atoms with E-state index in [1.807, 2.05) is 0 Å². The fourth-order valence-corrected chi connectivity index (χ4v) is 1.80. The van der Waals surface area contributed by atoms with Crippen LogP contribution in [0, 0.1) is 0 Å². The summed E-state index contributed by atoms with van der Waals surface area (Å²) in [6, 6.07) is 7.11. The van der Waals surface area contributed by atoms with Crippen molar-refractivity contribution in [1.29, 1.82) is 0 Å². The highest BCUT2D eigenvalue weighted by Crippen LogP contribution is 2.22. The maximum Gasteiger partial charge on any atom is 0.573 e. The van der Waals surface area contributed by atoms with Gasteiger partial charge in [0.2, 0.25) is 5.91 Å². The van der Waals surface area contributed by atoms with E-state index in [1.165, 1.54) is 24.3 Å². The van der Waals surface area contributed by atoms with Crippen molar-refractivity contribution in [3.8, 4) is 5.75 Å². The van der Waals surface area contributed by atoms with Crippen molar-refractivity contribution in [3.05, 3.63) is 54.1 Å². The number of aryl methyl sites for hydroxylation is 1. The summed E-state index contributed by atoms with van der Waals surface area (Å²) in [7, 11) is 0. The number of hydrogen-bond acceptors (Lipinski definition) is 4. The number of hydrogen-bond donors (Lipinski definition) is 1. The highest BCUT2D eigenvalue weighted by Gasteiger charge is 2.30. The number of nitrogens with zero attached hydrogens (tertiary/aromatic N) is 2. The van der Waals surface area contributed by atoms with Gasteiger partial charge < -0.3 is 10.1 Å². The van der Waals surface area contributed by atoms with Gasteiger partial charge in [-0.15, -0.1) is 13.2 Å². The topological polar surface area (TPSA) is 64.1 Å². The Kier molecular flexibility index (Phi) is 5.51. The number of rotatable bonds is 6. The second-order valence-corrected chi connectivity index (χ2v) is 4.63. The quantitative estimate of drug-likeness (QED) is 0.887. The highest BCUT2D eigenvalue weighted by atomic mass is 19.4. The van der Waals surface area contributed by atoms with Crippen molar-refractivity contribution in [2.24, 2.45) is 0 Å². The lowest BCUT2D eigenvalue weighted by atomic mass is 10.1. The fraction of sp³-hybridized carbons (Fsp3) is 0.267. The Bertz CT molecular complexity index is 631. The number of aromatic nitrogens is 2. The van der Waals surface area contributed by atoms with E-state index in [0.717, 1.165) is 5.56 Å². The monoisotopic (exact) mass is 325 g/mol. The molecule has 1 aromatic carbocycles. The number of amides is 1. The molecule has 122 valence electrons. The maximum atomic E-state index is 12.0. The lowest BCUT2D eigenvalue weighted by Crippen LogP contribution is -2.24. The lowest BCUT2D eigenvalue weighted by Gasteiger charge is -2.09. The van der Waals surface area contributed by atoms with E-state index in [0.29, 0.717) is 12.2 Å². The Balaban J connectivity index is 1.76. The third-order valence-corrected chi connectivity index (χ3v) is 2.86. The summed E-state index contributed by atoms with van der Waals surface area (Å²) in [6.07, 6.45) is -0.918. The molecule has 0 aliphatic heterocycles. The number of nitrogens with one attached hydrogen (secondary N) is 1. The minimum atomic E-state index is -4.71.